The Morgan fingerprint density at radius 1 is 0.975 bits per heavy atom. The highest BCUT2D eigenvalue weighted by Gasteiger charge is 2.19. The van der Waals surface area contributed by atoms with Gasteiger partial charge in [0.25, 0.3) is 15.6 Å². The van der Waals surface area contributed by atoms with Crippen molar-refractivity contribution in [3.8, 4) is 5.88 Å². The second kappa shape index (κ2) is 13.4. The Morgan fingerprint density at radius 2 is 1.60 bits per heavy atom. The number of ether oxygens (including phenoxy) is 1. The van der Waals surface area contributed by atoms with Crippen molar-refractivity contribution in [1.29, 1.82) is 0 Å². The average molecular weight is 571 g/mol. The number of hydrazine groups is 1. The predicted octanol–water partition coefficient (Wildman–Crippen LogP) is 5.41. The molecule has 0 fully saturated rings. The van der Waals surface area contributed by atoms with Crippen molar-refractivity contribution in [1.82, 2.24) is 4.57 Å². The molecule has 3 aromatic rings. The zero-order valence-corrected chi connectivity index (χ0v) is 24.4. The molecule has 0 saturated heterocycles. The van der Waals surface area contributed by atoms with Crippen LogP contribution in [0.5, 0.6) is 5.88 Å². The first-order chi connectivity index (χ1) is 19.0. The van der Waals surface area contributed by atoms with Crippen LogP contribution in [0.25, 0.3) is 0 Å². The van der Waals surface area contributed by atoms with Gasteiger partial charge >= 0.3 is 5.97 Å². The number of hydrogen-bond donors (Lipinski definition) is 4. The lowest BCUT2D eigenvalue weighted by Crippen LogP contribution is -2.29. The van der Waals surface area contributed by atoms with Crippen LogP contribution in [0.1, 0.15) is 61.0 Å². The van der Waals surface area contributed by atoms with E-state index in [1.54, 1.807) is 26.0 Å². The fourth-order valence-corrected chi connectivity index (χ4v) is 5.36. The van der Waals surface area contributed by atoms with Gasteiger partial charge in [0.05, 0.1) is 23.3 Å². The van der Waals surface area contributed by atoms with Gasteiger partial charge in [0.15, 0.2) is 5.88 Å². The summed E-state index contributed by atoms with van der Waals surface area (Å²) < 4.78 is 34.2. The van der Waals surface area contributed by atoms with E-state index in [4.69, 9.17) is 0 Å². The van der Waals surface area contributed by atoms with E-state index in [0.717, 1.165) is 25.7 Å². The van der Waals surface area contributed by atoms with Gasteiger partial charge < -0.3 is 15.3 Å². The Bertz CT molecular complexity index is 1480. The lowest BCUT2D eigenvalue weighted by molar-refractivity contribution is 0.0600. The molecular formula is C29H38N4O6S. The van der Waals surface area contributed by atoms with E-state index in [9.17, 15) is 23.1 Å². The van der Waals surface area contributed by atoms with E-state index in [-0.39, 0.29) is 22.3 Å². The van der Waals surface area contributed by atoms with Crippen LogP contribution in [0.2, 0.25) is 0 Å². The molecule has 2 aromatic carbocycles. The van der Waals surface area contributed by atoms with Crippen molar-refractivity contribution < 1.29 is 23.1 Å². The number of hydrogen-bond acceptors (Lipinski definition) is 8. The molecule has 0 saturated carbocycles. The minimum Gasteiger partial charge on any atom is -0.494 e. The summed E-state index contributed by atoms with van der Waals surface area (Å²) in [6.07, 6.45) is 4.02. The van der Waals surface area contributed by atoms with Crippen molar-refractivity contribution in [2.24, 2.45) is 5.92 Å². The molecular weight excluding hydrogens is 532 g/mol. The molecule has 216 valence electrons. The average Bonchev–Trinajstić information content (AvgIpc) is 2.95. The molecule has 1 aromatic heterocycles. The van der Waals surface area contributed by atoms with Gasteiger partial charge in [-0.1, -0.05) is 33.1 Å². The molecule has 0 aliphatic heterocycles. The standard InChI is InChI=1S/C29H38N4O6S/c1-6-8-9-21(7-2)18-33-27(34)20(4)19(3)26(28(33)35)31-30-23-14-16-25(17-15-23)40(37,38)32-24-12-10-22(11-13-24)29(36)39-5/h10-17,21,30-32,34H,6-9,18H2,1-5H3. The number of nitrogens with one attached hydrogen (secondary N) is 3. The number of methoxy groups -OCH3 is 1. The van der Waals surface area contributed by atoms with E-state index in [1.165, 1.54) is 48.1 Å². The summed E-state index contributed by atoms with van der Waals surface area (Å²) in [5, 5.41) is 10.7. The third-order valence-electron chi connectivity index (χ3n) is 7.03. The Morgan fingerprint density at radius 3 is 2.17 bits per heavy atom. The number of benzene rings is 2. The molecule has 40 heavy (non-hydrogen) atoms. The molecule has 10 nitrogen and oxygen atoms in total. The number of nitrogens with zero attached hydrogens (tertiary/aromatic N) is 1. The molecule has 4 N–H and O–H groups in total. The van der Waals surface area contributed by atoms with Crippen molar-refractivity contribution in [2.75, 3.05) is 22.7 Å². The first kappa shape index (κ1) is 30.6. The van der Waals surface area contributed by atoms with Gasteiger partial charge in [0.2, 0.25) is 0 Å². The van der Waals surface area contributed by atoms with Crippen molar-refractivity contribution in [3.05, 3.63) is 75.6 Å². The highest BCUT2D eigenvalue weighted by Crippen LogP contribution is 2.26. The molecule has 0 spiro atoms. The van der Waals surface area contributed by atoms with Crippen LogP contribution in [0.3, 0.4) is 0 Å². The van der Waals surface area contributed by atoms with Crippen molar-refractivity contribution >= 4 is 33.1 Å². The maximum absolute atomic E-state index is 13.3. The number of pyridine rings is 1. The number of aromatic nitrogens is 1. The minimum absolute atomic E-state index is 0.0232. The van der Waals surface area contributed by atoms with Gasteiger partial charge in [-0.05, 0) is 80.3 Å². The quantitative estimate of drug-likeness (QED) is 0.158. The fourth-order valence-electron chi connectivity index (χ4n) is 4.30. The number of carbonyl (C=O) groups is 1. The number of rotatable bonds is 13. The van der Waals surface area contributed by atoms with Gasteiger partial charge in [-0.25, -0.2) is 13.2 Å². The summed E-state index contributed by atoms with van der Waals surface area (Å²) in [5.74, 6) is -0.259. The molecule has 1 unspecified atom stereocenters. The highest BCUT2D eigenvalue weighted by atomic mass is 32.2. The third-order valence-corrected chi connectivity index (χ3v) is 8.42. The zero-order chi connectivity index (χ0) is 29.4. The summed E-state index contributed by atoms with van der Waals surface area (Å²) in [6.45, 7) is 8.18. The number of carbonyl (C=O) groups excluding carboxylic acids is 1. The Kier molecular flexibility index (Phi) is 10.2. The third kappa shape index (κ3) is 7.15. The Balaban J connectivity index is 1.74. The largest absolute Gasteiger partial charge is 0.494 e. The molecule has 0 aliphatic carbocycles. The van der Waals surface area contributed by atoms with E-state index in [2.05, 4.69) is 34.2 Å². The van der Waals surface area contributed by atoms with Gasteiger partial charge in [0.1, 0.15) is 5.69 Å². The summed E-state index contributed by atoms with van der Waals surface area (Å²) in [7, 11) is -2.61. The minimum atomic E-state index is -3.88. The first-order valence-electron chi connectivity index (χ1n) is 13.3. The van der Waals surface area contributed by atoms with Crippen LogP contribution < -0.4 is 21.1 Å². The van der Waals surface area contributed by atoms with Crippen molar-refractivity contribution in [2.45, 2.75) is 64.8 Å². The van der Waals surface area contributed by atoms with E-state index >= 15 is 0 Å². The SMILES string of the molecule is CCCCC(CC)Cn1c(O)c(C)c(C)c(NNc2ccc(S(=O)(=O)Nc3ccc(C(=O)OC)cc3)cc2)c1=O. The molecule has 0 amide bonds. The smallest absolute Gasteiger partial charge is 0.337 e. The molecule has 0 bridgehead atoms. The van der Waals surface area contributed by atoms with Crippen LogP contribution in [0.15, 0.2) is 58.2 Å². The molecule has 11 heteroatoms. The van der Waals surface area contributed by atoms with Crippen LogP contribution >= 0.6 is 0 Å². The number of sulfonamides is 1. The highest BCUT2D eigenvalue weighted by molar-refractivity contribution is 7.92. The van der Waals surface area contributed by atoms with Crippen molar-refractivity contribution in [3.63, 3.8) is 0 Å². The maximum atomic E-state index is 13.3. The maximum Gasteiger partial charge on any atom is 0.337 e. The predicted molar refractivity (Wildman–Crippen MR) is 157 cm³/mol. The topological polar surface area (TPSA) is 139 Å². The molecule has 1 atom stereocenters. The monoisotopic (exact) mass is 570 g/mol. The molecule has 0 radical (unpaired) electrons. The number of aromatic hydroxyl groups is 1. The number of unbranched alkanes of at least 4 members (excludes halogenated alkanes) is 1. The fraction of sp³-hybridized carbons (Fsp3) is 0.379. The zero-order valence-electron chi connectivity index (χ0n) is 23.6. The molecule has 0 aliphatic rings. The summed E-state index contributed by atoms with van der Waals surface area (Å²) in [5.41, 5.74) is 8.28. The van der Waals surface area contributed by atoms with Crippen LogP contribution in [0, 0.1) is 19.8 Å². The second-order valence-electron chi connectivity index (χ2n) is 9.73. The van der Waals surface area contributed by atoms with Crippen LogP contribution in [-0.4, -0.2) is 31.2 Å². The molecule has 1 heterocycles. The first-order valence-corrected chi connectivity index (χ1v) is 14.8. The van der Waals surface area contributed by atoms with E-state index < -0.39 is 16.0 Å². The van der Waals surface area contributed by atoms with Gasteiger partial charge in [-0.15, -0.1) is 0 Å². The summed E-state index contributed by atoms with van der Waals surface area (Å²) >= 11 is 0. The van der Waals surface area contributed by atoms with Gasteiger partial charge in [-0.3, -0.25) is 19.5 Å². The number of esters is 1. The Labute approximate surface area is 235 Å². The summed E-state index contributed by atoms with van der Waals surface area (Å²) in [4.78, 5) is 24.9. The Hall–Kier alpha value is -3.99. The number of anilines is 3. The van der Waals surface area contributed by atoms with E-state index in [0.29, 0.717) is 40.3 Å². The lowest BCUT2D eigenvalue weighted by Gasteiger charge is -2.21. The van der Waals surface area contributed by atoms with Gasteiger partial charge in [0, 0.05) is 17.8 Å². The van der Waals surface area contributed by atoms with Crippen LogP contribution in [-0.2, 0) is 21.3 Å². The normalized spacial score (nSPS) is 12.0. The van der Waals surface area contributed by atoms with Crippen LogP contribution in [0.4, 0.5) is 17.1 Å². The van der Waals surface area contributed by atoms with Gasteiger partial charge in [-0.2, -0.15) is 0 Å². The molecule has 3 rings (SSSR count). The second-order valence-corrected chi connectivity index (χ2v) is 11.4. The van der Waals surface area contributed by atoms with E-state index in [1.807, 2.05) is 0 Å². The summed E-state index contributed by atoms with van der Waals surface area (Å²) in [6, 6.07) is 11.9. The lowest BCUT2D eigenvalue weighted by atomic mass is 9.99.